The van der Waals surface area contributed by atoms with Crippen LogP contribution in [0.25, 0.3) is 0 Å². The van der Waals surface area contributed by atoms with Crippen LogP contribution in [0.15, 0.2) is 18.3 Å². The van der Waals surface area contributed by atoms with Crippen molar-refractivity contribution >= 4 is 11.6 Å². The number of aryl methyl sites for hydroxylation is 1. The molecule has 21 heavy (non-hydrogen) atoms. The van der Waals surface area contributed by atoms with E-state index in [9.17, 15) is 9.90 Å². The van der Waals surface area contributed by atoms with Gasteiger partial charge in [-0.2, -0.15) is 0 Å². The number of hydrogen-bond acceptors (Lipinski definition) is 4. The summed E-state index contributed by atoms with van der Waals surface area (Å²) < 4.78 is 0. The summed E-state index contributed by atoms with van der Waals surface area (Å²) >= 11 is 0. The molecule has 1 atom stereocenters. The van der Waals surface area contributed by atoms with E-state index in [1.165, 1.54) is 0 Å². The van der Waals surface area contributed by atoms with Gasteiger partial charge in [0.1, 0.15) is 0 Å². The molecule has 2 aliphatic heterocycles. The number of hydrogen-bond donors (Lipinski definition) is 1. The largest absolute Gasteiger partial charge is 0.378 e. The highest BCUT2D eigenvalue weighted by Crippen LogP contribution is 2.28. The number of amides is 1. The van der Waals surface area contributed by atoms with E-state index in [4.69, 9.17) is 0 Å². The van der Waals surface area contributed by atoms with Crippen molar-refractivity contribution in [3.8, 4) is 0 Å². The third-order valence-electron chi connectivity index (χ3n) is 4.51. The molecule has 0 aromatic carbocycles. The Balaban J connectivity index is 1.76. The van der Waals surface area contributed by atoms with Crippen LogP contribution in [0.4, 0.5) is 5.69 Å². The van der Waals surface area contributed by atoms with Gasteiger partial charge in [0, 0.05) is 37.2 Å². The molecule has 3 heterocycles. The monoisotopic (exact) mass is 289 g/mol. The molecular formula is C16H23N3O2. The average Bonchev–Trinajstić information content (AvgIpc) is 3.00. The SMILES string of the molecule is Cc1cc(N2CCC[C@](O)(C(=O)N3CCCC3)C2)ccn1. The second-order valence-electron chi connectivity index (χ2n) is 6.21. The van der Waals surface area contributed by atoms with Gasteiger partial charge in [0.05, 0.1) is 6.54 Å². The minimum absolute atomic E-state index is 0.0875. The molecule has 1 aromatic heterocycles. The lowest BCUT2D eigenvalue weighted by molar-refractivity contribution is -0.151. The molecule has 0 radical (unpaired) electrons. The van der Waals surface area contributed by atoms with Gasteiger partial charge in [0.15, 0.2) is 5.60 Å². The minimum Gasteiger partial charge on any atom is -0.378 e. The molecule has 0 aliphatic carbocycles. The van der Waals surface area contributed by atoms with Gasteiger partial charge in [-0.15, -0.1) is 0 Å². The van der Waals surface area contributed by atoms with Crippen LogP contribution < -0.4 is 4.90 Å². The molecule has 5 heteroatoms. The third-order valence-corrected chi connectivity index (χ3v) is 4.51. The fourth-order valence-corrected chi connectivity index (χ4v) is 3.37. The van der Waals surface area contributed by atoms with Crippen LogP contribution in [0.1, 0.15) is 31.4 Å². The maximum atomic E-state index is 12.6. The van der Waals surface area contributed by atoms with Gasteiger partial charge in [0.2, 0.25) is 0 Å². The van der Waals surface area contributed by atoms with Crippen molar-refractivity contribution in [3.05, 3.63) is 24.0 Å². The number of β-amino-alcohol motifs (C(OH)–C–C–N with tert-alkyl or cyclic N) is 1. The molecule has 114 valence electrons. The lowest BCUT2D eigenvalue weighted by Crippen LogP contribution is -2.57. The first kappa shape index (κ1) is 14.3. The summed E-state index contributed by atoms with van der Waals surface area (Å²) in [6.07, 6.45) is 5.27. The Bertz CT molecular complexity index is 528. The average molecular weight is 289 g/mol. The van der Waals surface area contributed by atoms with E-state index in [2.05, 4.69) is 9.88 Å². The van der Waals surface area contributed by atoms with Crippen molar-refractivity contribution in [2.24, 2.45) is 0 Å². The van der Waals surface area contributed by atoms with Gasteiger partial charge in [-0.05, 0) is 44.7 Å². The minimum atomic E-state index is -1.24. The predicted molar refractivity (Wildman–Crippen MR) is 81.2 cm³/mol. The molecule has 0 spiro atoms. The molecule has 1 amide bonds. The van der Waals surface area contributed by atoms with Crippen LogP contribution in [0.5, 0.6) is 0 Å². The number of likely N-dealkylation sites (tertiary alicyclic amines) is 1. The van der Waals surface area contributed by atoms with Gasteiger partial charge in [-0.3, -0.25) is 9.78 Å². The number of carbonyl (C=O) groups is 1. The zero-order chi connectivity index (χ0) is 14.9. The number of rotatable bonds is 2. The van der Waals surface area contributed by atoms with E-state index in [1.807, 2.05) is 24.0 Å². The van der Waals surface area contributed by atoms with E-state index in [-0.39, 0.29) is 5.91 Å². The van der Waals surface area contributed by atoms with Crippen LogP contribution in [-0.4, -0.2) is 52.7 Å². The number of aromatic nitrogens is 1. The van der Waals surface area contributed by atoms with Gasteiger partial charge in [0.25, 0.3) is 5.91 Å². The molecule has 2 aliphatic rings. The fraction of sp³-hybridized carbons (Fsp3) is 0.625. The lowest BCUT2D eigenvalue weighted by Gasteiger charge is -2.41. The molecule has 2 saturated heterocycles. The van der Waals surface area contributed by atoms with Crippen LogP contribution in [0, 0.1) is 6.92 Å². The summed E-state index contributed by atoms with van der Waals surface area (Å²) in [5, 5.41) is 10.9. The highest BCUT2D eigenvalue weighted by atomic mass is 16.3. The van der Waals surface area contributed by atoms with E-state index in [1.54, 1.807) is 6.20 Å². The molecule has 0 bridgehead atoms. The molecule has 5 nitrogen and oxygen atoms in total. The Labute approximate surface area is 125 Å². The third kappa shape index (κ3) is 2.88. The topological polar surface area (TPSA) is 56.7 Å². The van der Waals surface area contributed by atoms with Crippen molar-refractivity contribution < 1.29 is 9.90 Å². The molecular weight excluding hydrogens is 266 g/mol. The lowest BCUT2D eigenvalue weighted by atomic mass is 9.91. The molecule has 2 fully saturated rings. The fourth-order valence-electron chi connectivity index (χ4n) is 3.37. The quantitative estimate of drug-likeness (QED) is 0.893. The Morgan fingerprint density at radius 1 is 1.29 bits per heavy atom. The first-order valence-corrected chi connectivity index (χ1v) is 7.78. The highest BCUT2D eigenvalue weighted by molar-refractivity contribution is 5.86. The van der Waals surface area contributed by atoms with E-state index in [0.29, 0.717) is 13.0 Å². The second kappa shape index (κ2) is 5.64. The van der Waals surface area contributed by atoms with Crippen LogP contribution >= 0.6 is 0 Å². The van der Waals surface area contributed by atoms with Gasteiger partial charge in [-0.25, -0.2) is 0 Å². The number of carbonyl (C=O) groups excluding carboxylic acids is 1. The zero-order valence-electron chi connectivity index (χ0n) is 12.6. The second-order valence-corrected chi connectivity index (χ2v) is 6.21. The van der Waals surface area contributed by atoms with E-state index < -0.39 is 5.60 Å². The molecule has 1 aromatic rings. The number of anilines is 1. The Morgan fingerprint density at radius 2 is 2.05 bits per heavy atom. The number of pyridine rings is 1. The normalized spacial score (nSPS) is 26.2. The maximum absolute atomic E-state index is 12.6. The first-order chi connectivity index (χ1) is 10.1. The summed E-state index contributed by atoms with van der Waals surface area (Å²) in [4.78, 5) is 20.7. The van der Waals surface area contributed by atoms with Crippen LogP contribution in [-0.2, 0) is 4.79 Å². The van der Waals surface area contributed by atoms with E-state index in [0.717, 1.165) is 50.3 Å². The van der Waals surface area contributed by atoms with Gasteiger partial charge >= 0.3 is 0 Å². The van der Waals surface area contributed by atoms with Crippen molar-refractivity contribution in [3.63, 3.8) is 0 Å². The summed E-state index contributed by atoms with van der Waals surface area (Å²) in [5.74, 6) is -0.0875. The summed E-state index contributed by atoms with van der Waals surface area (Å²) in [5.41, 5.74) is 0.752. The zero-order valence-corrected chi connectivity index (χ0v) is 12.6. The number of piperidine rings is 1. The van der Waals surface area contributed by atoms with Crippen LogP contribution in [0.3, 0.4) is 0 Å². The number of aliphatic hydroxyl groups is 1. The molecule has 0 unspecified atom stereocenters. The summed E-state index contributed by atoms with van der Waals surface area (Å²) in [7, 11) is 0. The van der Waals surface area contributed by atoms with Crippen molar-refractivity contribution in [1.82, 2.24) is 9.88 Å². The maximum Gasteiger partial charge on any atom is 0.256 e. The van der Waals surface area contributed by atoms with Gasteiger partial charge < -0.3 is 14.9 Å². The summed E-state index contributed by atoms with van der Waals surface area (Å²) in [6, 6.07) is 3.95. The van der Waals surface area contributed by atoms with Crippen molar-refractivity contribution in [2.75, 3.05) is 31.1 Å². The first-order valence-electron chi connectivity index (χ1n) is 7.78. The van der Waals surface area contributed by atoms with Crippen molar-refractivity contribution in [2.45, 2.75) is 38.2 Å². The molecule has 0 saturated carbocycles. The standard InChI is InChI=1S/C16H23N3O2/c1-13-11-14(5-7-17-13)19-10-4-6-16(21,12-19)15(20)18-8-2-3-9-18/h5,7,11,21H,2-4,6,8-10,12H2,1H3/t16-/m1/s1. The number of nitrogens with zero attached hydrogens (tertiary/aromatic N) is 3. The Morgan fingerprint density at radius 3 is 2.76 bits per heavy atom. The Hall–Kier alpha value is -1.62. The van der Waals surface area contributed by atoms with Crippen molar-refractivity contribution in [1.29, 1.82) is 0 Å². The van der Waals surface area contributed by atoms with E-state index >= 15 is 0 Å². The molecule has 3 rings (SSSR count). The van der Waals surface area contributed by atoms with Gasteiger partial charge in [-0.1, -0.05) is 0 Å². The molecule has 1 N–H and O–H groups in total. The smallest absolute Gasteiger partial charge is 0.256 e. The summed E-state index contributed by atoms with van der Waals surface area (Å²) in [6.45, 7) is 4.78. The Kier molecular flexibility index (Phi) is 3.85. The van der Waals surface area contributed by atoms with Crippen LogP contribution in [0.2, 0.25) is 0 Å². The highest BCUT2D eigenvalue weighted by Gasteiger charge is 2.43. The predicted octanol–water partition coefficient (Wildman–Crippen LogP) is 1.34.